The van der Waals surface area contributed by atoms with E-state index < -0.39 is 0 Å². The zero-order valence-electron chi connectivity index (χ0n) is 11.0. The highest BCUT2D eigenvalue weighted by atomic mass is 16.5. The first-order valence-corrected chi connectivity index (χ1v) is 6.71. The van der Waals surface area contributed by atoms with Crippen molar-refractivity contribution in [2.75, 3.05) is 23.8 Å². The largest absolute Gasteiger partial charge is 0.491 e. The molecule has 20 heavy (non-hydrogen) atoms. The van der Waals surface area contributed by atoms with Crippen LogP contribution >= 0.6 is 0 Å². The number of anilines is 2. The van der Waals surface area contributed by atoms with Crippen LogP contribution in [0.15, 0.2) is 18.2 Å². The van der Waals surface area contributed by atoms with Gasteiger partial charge in [-0.15, -0.1) is 0 Å². The quantitative estimate of drug-likeness (QED) is 0.858. The van der Waals surface area contributed by atoms with Crippen molar-refractivity contribution in [3.8, 4) is 5.75 Å². The van der Waals surface area contributed by atoms with Gasteiger partial charge in [-0.1, -0.05) is 0 Å². The highest BCUT2D eigenvalue weighted by Crippen LogP contribution is 2.30. The van der Waals surface area contributed by atoms with Crippen LogP contribution in [0.4, 0.5) is 11.4 Å². The van der Waals surface area contributed by atoms with Crippen LogP contribution in [0.3, 0.4) is 0 Å². The molecule has 0 saturated carbocycles. The van der Waals surface area contributed by atoms with Gasteiger partial charge in [0.25, 0.3) is 5.91 Å². The first-order valence-electron chi connectivity index (χ1n) is 6.71. The molecular weight excluding hydrogens is 260 g/mol. The lowest BCUT2D eigenvalue weighted by atomic mass is 10.2. The van der Waals surface area contributed by atoms with Crippen molar-refractivity contribution in [2.24, 2.45) is 0 Å². The molecule has 1 aromatic carbocycles. The van der Waals surface area contributed by atoms with E-state index in [-0.39, 0.29) is 17.9 Å². The van der Waals surface area contributed by atoms with Crippen molar-refractivity contribution < 1.29 is 19.1 Å². The summed E-state index contributed by atoms with van der Waals surface area (Å²) in [5.74, 6) is 0.376. The maximum atomic E-state index is 12.0. The van der Waals surface area contributed by atoms with E-state index in [0.717, 1.165) is 12.8 Å². The topological polar surface area (TPSA) is 76.7 Å². The lowest BCUT2D eigenvalue weighted by Gasteiger charge is -2.13. The molecule has 1 saturated heterocycles. The van der Waals surface area contributed by atoms with Gasteiger partial charge in [-0.2, -0.15) is 0 Å². The molecule has 2 aliphatic rings. The number of amides is 2. The molecule has 0 spiro atoms. The third kappa shape index (κ3) is 2.75. The van der Waals surface area contributed by atoms with Gasteiger partial charge in [0, 0.05) is 12.3 Å². The van der Waals surface area contributed by atoms with Crippen LogP contribution < -0.4 is 15.4 Å². The monoisotopic (exact) mass is 276 g/mol. The van der Waals surface area contributed by atoms with Crippen LogP contribution in [0.2, 0.25) is 0 Å². The molecule has 0 aliphatic carbocycles. The average molecular weight is 276 g/mol. The fourth-order valence-corrected chi connectivity index (χ4v) is 2.30. The first kappa shape index (κ1) is 12.9. The Morgan fingerprint density at radius 3 is 3.05 bits per heavy atom. The normalized spacial score (nSPS) is 21.4. The van der Waals surface area contributed by atoms with Gasteiger partial charge in [0.15, 0.2) is 0 Å². The second-order valence-electron chi connectivity index (χ2n) is 4.85. The van der Waals surface area contributed by atoms with E-state index in [1.165, 1.54) is 0 Å². The summed E-state index contributed by atoms with van der Waals surface area (Å²) in [5, 5.41) is 5.56. The molecule has 6 nitrogen and oxygen atoms in total. The number of fused-ring (bicyclic) bond motifs is 1. The maximum absolute atomic E-state index is 12.0. The van der Waals surface area contributed by atoms with E-state index in [4.69, 9.17) is 9.47 Å². The number of ether oxygens (including phenoxy) is 2. The fraction of sp³-hybridized carbons (Fsp3) is 0.429. The molecule has 2 N–H and O–H groups in total. The van der Waals surface area contributed by atoms with Gasteiger partial charge in [-0.25, -0.2) is 0 Å². The molecule has 1 atom stereocenters. The third-order valence-corrected chi connectivity index (χ3v) is 3.33. The predicted octanol–water partition coefficient (Wildman–Crippen LogP) is 1.53. The molecule has 1 unspecified atom stereocenters. The summed E-state index contributed by atoms with van der Waals surface area (Å²) in [6, 6.07) is 5.20. The molecular formula is C14H16N2O4. The molecule has 1 aromatic rings. The second-order valence-corrected chi connectivity index (χ2v) is 4.85. The van der Waals surface area contributed by atoms with Gasteiger partial charge in [0.1, 0.15) is 11.9 Å². The minimum Gasteiger partial charge on any atom is -0.491 e. The summed E-state index contributed by atoms with van der Waals surface area (Å²) in [6.45, 7) is 0.993. The number of carbonyl (C=O) groups is 2. The van der Waals surface area contributed by atoms with Crippen LogP contribution in [0.5, 0.6) is 5.75 Å². The Morgan fingerprint density at radius 2 is 2.25 bits per heavy atom. The minimum atomic E-state index is -0.375. The van der Waals surface area contributed by atoms with Gasteiger partial charge in [-0.05, 0) is 31.0 Å². The summed E-state index contributed by atoms with van der Waals surface area (Å²) in [6.07, 6.45) is 1.61. The van der Waals surface area contributed by atoms with Crippen LogP contribution in [0.1, 0.15) is 19.3 Å². The van der Waals surface area contributed by atoms with Crippen molar-refractivity contribution in [3.05, 3.63) is 18.2 Å². The molecule has 2 heterocycles. The Bertz CT molecular complexity index is 538. The molecule has 106 valence electrons. The lowest BCUT2D eigenvalue weighted by molar-refractivity contribution is -0.124. The van der Waals surface area contributed by atoms with E-state index in [0.29, 0.717) is 36.8 Å². The lowest BCUT2D eigenvalue weighted by Crippen LogP contribution is -2.26. The highest BCUT2D eigenvalue weighted by molar-refractivity contribution is 5.97. The van der Waals surface area contributed by atoms with Gasteiger partial charge < -0.3 is 20.1 Å². The molecule has 6 heteroatoms. The predicted molar refractivity (Wildman–Crippen MR) is 72.8 cm³/mol. The van der Waals surface area contributed by atoms with E-state index in [1.807, 2.05) is 0 Å². The molecule has 0 bridgehead atoms. The Labute approximate surface area is 116 Å². The smallest absolute Gasteiger partial charge is 0.253 e. The molecule has 3 rings (SSSR count). The van der Waals surface area contributed by atoms with E-state index in [2.05, 4.69) is 10.6 Å². The number of hydrogen-bond donors (Lipinski definition) is 2. The van der Waals surface area contributed by atoms with E-state index >= 15 is 0 Å². The van der Waals surface area contributed by atoms with Crippen molar-refractivity contribution in [2.45, 2.75) is 25.4 Å². The SMILES string of the molecule is O=C1CCOc2ccc(NC(=O)C3CCCO3)cc2N1. The molecule has 2 aliphatic heterocycles. The molecule has 0 aromatic heterocycles. The molecule has 0 radical (unpaired) electrons. The zero-order chi connectivity index (χ0) is 13.9. The summed E-state index contributed by atoms with van der Waals surface area (Å²) in [5.41, 5.74) is 1.20. The Kier molecular flexibility index (Phi) is 3.56. The Balaban J connectivity index is 1.74. The van der Waals surface area contributed by atoms with Crippen molar-refractivity contribution in [3.63, 3.8) is 0 Å². The van der Waals surface area contributed by atoms with Crippen LogP contribution in [0.25, 0.3) is 0 Å². The van der Waals surface area contributed by atoms with Crippen molar-refractivity contribution in [1.29, 1.82) is 0 Å². The van der Waals surface area contributed by atoms with E-state index in [9.17, 15) is 9.59 Å². The standard InChI is InChI=1S/C14H16N2O4/c17-13-5-7-20-11-4-3-9(8-10(11)16-13)15-14(18)12-2-1-6-19-12/h3-4,8,12H,1-2,5-7H2,(H,15,18)(H,16,17). The van der Waals surface area contributed by atoms with Gasteiger partial charge in [0.2, 0.25) is 5.91 Å². The third-order valence-electron chi connectivity index (χ3n) is 3.33. The van der Waals surface area contributed by atoms with Crippen LogP contribution in [-0.2, 0) is 14.3 Å². The average Bonchev–Trinajstić information content (AvgIpc) is 2.89. The zero-order valence-corrected chi connectivity index (χ0v) is 11.0. The van der Waals surface area contributed by atoms with Gasteiger partial charge in [-0.3, -0.25) is 9.59 Å². The minimum absolute atomic E-state index is 0.0913. The van der Waals surface area contributed by atoms with E-state index in [1.54, 1.807) is 18.2 Å². The number of hydrogen-bond acceptors (Lipinski definition) is 4. The Morgan fingerprint density at radius 1 is 1.35 bits per heavy atom. The summed E-state index contributed by atoms with van der Waals surface area (Å²) < 4.78 is 10.8. The molecule has 1 fully saturated rings. The van der Waals surface area contributed by atoms with Crippen molar-refractivity contribution >= 4 is 23.2 Å². The number of benzene rings is 1. The number of nitrogens with one attached hydrogen (secondary N) is 2. The van der Waals surface area contributed by atoms with Crippen LogP contribution in [0, 0.1) is 0 Å². The van der Waals surface area contributed by atoms with Crippen LogP contribution in [-0.4, -0.2) is 31.1 Å². The second kappa shape index (κ2) is 5.50. The Hall–Kier alpha value is -2.08. The van der Waals surface area contributed by atoms with Gasteiger partial charge in [0.05, 0.1) is 18.7 Å². The summed E-state index contributed by atoms with van der Waals surface area (Å²) >= 11 is 0. The fourth-order valence-electron chi connectivity index (χ4n) is 2.30. The number of carbonyl (C=O) groups excluding carboxylic acids is 2. The van der Waals surface area contributed by atoms with Crippen molar-refractivity contribution in [1.82, 2.24) is 0 Å². The number of rotatable bonds is 2. The summed E-state index contributed by atoms with van der Waals surface area (Å²) in [4.78, 5) is 23.5. The maximum Gasteiger partial charge on any atom is 0.253 e. The summed E-state index contributed by atoms with van der Waals surface area (Å²) in [7, 11) is 0. The highest BCUT2D eigenvalue weighted by Gasteiger charge is 2.24. The molecule has 2 amide bonds. The van der Waals surface area contributed by atoms with Gasteiger partial charge >= 0.3 is 0 Å². The first-order chi connectivity index (χ1) is 9.72.